The Labute approximate surface area is 838 Å². The lowest BCUT2D eigenvalue weighted by molar-refractivity contribution is 0.657. The molecule has 0 atom stereocenters. The number of fused-ring (bicyclic) bond motifs is 28. The summed E-state index contributed by atoms with van der Waals surface area (Å²) in [6.45, 7) is 4.57. The SMILES string of the molecule is CC1(C)c2ccccc2-c2nc(-n3c4ccccc4c4c5c(ccc43)oc3ccccc35)nc(-c3ccccc3)c21.c1ccc(-c2cc(-c3cccc(-n4c5ccccc5c5ccccc54)c3)cc(-n3c4ccccc4c4c5c(ccc43)oc3ccccc35)c2)cc1.c1ccc(-c2ccc(-c3cc(-c4cc5c(c6ccccc6n5-c5ccc6ccccc6c5)c5c4oc4ccccc45)cc(-c4ccccc4)n3)cc2)cc1. The molecule has 0 bridgehead atoms. The summed E-state index contributed by atoms with van der Waals surface area (Å²) in [6.07, 6.45) is 0. The fourth-order valence-corrected chi connectivity index (χ4v) is 23.5. The van der Waals surface area contributed by atoms with E-state index in [1.165, 1.54) is 98.6 Å². The zero-order valence-corrected chi connectivity index (χ0v) is 79.6. The third kappa shape index (κ3) is 13.4. The van der Waals surface area contributed by atoms with Gasteiger partial charge in [-0.1, -0.05) is 372 Å². The summed E-state index contributed by atoms with van der Waals surface area (Å²) in [5.74, 6) is 0.674. The molecule has 31 rings (SSSR count). The van der Waals surface area contributed by atoms with E-state index in [1.807, 2.05) is 24.3 Å². The predicted octanol–water partition coefficient (Wildman–Crippen LogP) is 36.5. The van der Waals surface area contributed by atoms with E-state index in [1.54, 1.807) is 0 Å². The van der Waals surface area contributed by atoms with Gasteiger partial charge in [0.25, 0.3) is 0 Å². The van der Waals surface area contributed by atoms with Crippen molar-refractivity contribution in [1.29, 1.82) is 0 Å². The topological polar surface area (TPSA) is 97.8 Å². The zero-order valence-electron chi connectivity index (χ0n) is 79.6. The molecule has 1 aliphatic rings. The van der Waals surface area contributed by atoms with Crippen molar-refractivity contribution in [3.05, 3.63) is 503 Å². The van der Waals surface area contributed by atoms with E-state index < -0.39 is 0 Å². The fraction of sp³-hybridized carbons (Fsp3) is 0.0221. The van der Waals surface area contributed by atoms with E-state index in [4.69, 9.17) is 28.2 Å². The van der Waals surface area contributed by atoms with Crippen molar-refractivity contribution in [3.63, 3.8) is 0 Å². The number of rotatable bonds is 11. The number of hydrogen-bond donors (Lipinski definition) is 0. The van der Waals surface area contributed by atoms with Crippen molar-refractivity contribution in [1.82, 2.24) is 33.2 Å². The van der Waals surface area contributed by atoms with Crippen LogP contribution in [-0.2, 0) is 5.41 Å². The lowest BCUT2D eigenvalue weighted by Gasteiger charge is -2.24. The van der Waals surface area contributed by atoms with Crippen molar-refractivity contribution in [2.45, 2.75) is 19.3 Å². The maximum Gasteiger partial charge on any atom is 0.235 e. The van der Waals surface area contributed by atoms with Gasteiger partial charge in [-0.15, -0.1) is 0 Å². The lowest BCUT2D eigenvalue weighted by atomic mass is 9.81. The predicted molar refractivity (Wildman–Crippen MR) is 605 cm³/mol. The van der Waals surface area contributed by atoms with Crippen LogP contribution >= 0.6 is 0 Å². The van der Waals surface area contributed by atoms with Crippen LogP contribution in [0.3, 0.4) is 0 Å². The lowest BCUT2D eigenvalue weighted by Crippen LogP contribution is -2.18. The van der Waals surface area contributed by atoms with Crippen LogP contribution in [0, 0.1) is 0 Å². The van der Waals surface area contributed by atoms with Crippen LogP contribution in [0.25, 0.3) is 276 Å². The molecule has 0 spiro atoms. The van der Waals surface area contributed by atoms with Crippen LogP contribution in [0.1, 0.15) is 25.0 Å². The molecule has 0 saturated carbocycles. The average molecular weight is 1870 g/mol. The van der Waals surface area contributed by atoms with Gasteiger partial charge in [-0.2, -0.15) is 0 Å². The Bertz CT molecular complexity index is 10500. The van der Waals surface area contributed by atoms with Gasteiger partial charge in [0.2, 0.25) is 5.95 Å². The Hall–Kier alpha value is -19.3. The second kappa shape index (κ2) is 33.5. The highest BCUT2D eigenvalue weighted by molar-refractivity contribution is 6.32. The van der Waals surface area contributed by atoms with Crippen molar-refractivity contribution in [2.75, 3.05) is 0 Å². The highest BCUT2D eigenvalue weighted by Gasteiger charge is 2.41. The summed E-state index contributed by atoms with van der Waals surface area (Å²) in [5, 5.41) is 18.9. The number of aromatic nitrogens is 7. The van der Waals surface area contributed by atoms with Gasteiger partial charge in [0, 0.05) is 131 Å². The first-order valence-electron chi connectivity index (χ1n) is 49.8. The minimum absolute atomic E-state index is 0.224. The molecule has 10 nitrogen and oxygen atoms in total. The summed E-state index contributed by atoms with van der Waals surface area (Å²) in [6, 6.07) is 175. The van der Waals surface area contributed by atoms with E-state index in [9.17, 15) is 0 Å². The van der Waals surface area contributed by atoms with Crippen molar-refractivity contribution in [2.24, 2.45) is 0 Å². The molecule has 30 aromatic rings. The van der Waals surface area contributed by atoms with Crippen LogP contribution in [0.5, 0.6) is 0 Å². The van der Waals surface area contributed by atoms with E-state index in [2.05, 4.69) is 499 Å². The maximum atomic E-state index is 6.89. The third-order valence-corrected chi connectivity index (χ3v) is 30.0. The van der Waals surface area contributed by atoms with Gasteiger partial charge in [0.05, 0.1) is 66.9 Å². The van der Waals surface area contributed by atoms with Crippen molar-refractivity contribution < 1.29 is 13.3 Å². The number of furan rings is 3. The Balaban J connectivity index is 0.000000105. The number of benzene rings is 21. The zero-order chi connectivity index (χ0) is 96.3. The molecular weight excluding hydrogens is 1780 g/mol. The average Bonchev–Trinajstić information content (AvgIpc) is 1.55. The Morgan fingerprint density at radius 1 is 0.199 bits per heavy atom. The quantitative estimate of drug-likeness (QED) is 0.128. The molecule has 0 saturated heterocycles. The highest BCUT2D eigenvalue weighted by atomic mass is 16.3. The van der Waals surface area contributed by atoms with Crippen LogP contribution in [0.4, 0.5) is 0 Å². The number of nitrogens with zero attached hydrogens (tertiary/aromatic N) is 7. The largest absolute Gasteiger partial charge is 0.456 e. The molecule has 0 N–H and O–H groups in total. The van der Waals surface area contributed by atoms with E-state index in [0.717, 1.165) is 183 Å². The number of hydrogen-bond acceptors (Lipinski definition) is 6. The Kier molecular flexibility index (Phi) is 19.2. The molecule has 146 heavy (non-hydrogen) atoms. The first kappa shape index (κ1) is 83.7. The molecule has 684 valence electrons. The second-order valence-electron chi connectivity index (χ2n) is 38.7. The van der Waals surface area contributed by atoms with E-state index in [0.29, 0.717) is 5.95 Å². The minimum Gasteiger partial charge on any atom is -0.456 e. The summed E-state index contributed by atoms with van der Waals surface area (Å²) in [5.41, 5.74) is 37.5. The molecule has 0 fully saturated rings. The standard InChI is InChI=1S/C51H32N2O.C48H30N2O.C37H25N3O/c1-3-13-33(14-4-1)35-23-25-37(26-24-35)45-31-39(30-44(52-45)36-16-5-2-6-17-36)43-32-47-49(50-42-20-10-12-22-48(42)54-51(43)50)41-19-9-11-21-46(41)53(47)40-28-27-34-15-7-8-18-38(34)29-40;1-2-13-31(14-3-1)33-27-34(32-15-12-16-35(28-32)49-41-21-8-4-17-37(41)38-18-5-9-22-42(38)49)30-36(29-33)50-43-23-10-6-19-39(43)47-44(50)25-26-46-48(47)40-20-7-11-24-45(40)51-46;1-37(2)26-17-9-6-14-23(26)35-33(37)34(22-12-4-3-5-13-22)38-36(39-35)40-27-18-10-7-15-24(27)31-28(40)20-21-30-32(31)25-16-8-11-19-29(25)41-30/h1-32H;1-30H;3-21H,1-2H3. The summed E-state index contributed by atoms with van der Waals surface area (Å²) >= 11 is 0. The van der Waals surface area contributed by atoms with Crippen molar-refractivity contribution in [3.8, 4) is 113 Å². The molecule has 1 aliphatic carbocycles. The monoisotopic (exact) mass is 1870 g/mol. The third-order valence-electron chi connectivity index (χ3n) is 30.0. The van der Waals surface area contributed by atoms with Gasteiger partial charge in [0.15, 0.2) is 0 Å². The fourth-order valence-electron chi connectivity index (χ4n) is 23.5. The van der Waals surface area contributed by atoms with Gasteiger partial charge in [-0.05, 0) is 189 Å². The number of para-hydroxylation sites is 8. The highest BCUT2D eigenvalue weighted by Crippen LogP contribution is 2.54. The van der Waals surface area contributed by atoms with Crippen LogP contribution in [0.2, 0.25) is 0 Å². The summed E-state index contributed by atoms with van der Waals surface area (Å²) in [4.78, 5) is 16.1. The van der Waals surface area contributed by atoms with Crippen molar-refractivity contribution >= 4 is 164 Å². The molecule has 10 heteroatoms. The molecule has 0 aliphatic heterocycles. The van der Waals surface area contributed by atoms with Gasteiger partial charge in [0.1, 0.15) is 33.5 Å². The normalized spacial score (nSPS) is 12.4. The maximum absolute atomic E-state index is 6.89. The first-order chi connectivity index (χ1) is 72.2. The molecule has 21 aromatic carbocycles. The summed E-state index contributed by atoms with van der Waals surface area (Å²) in [7, 11) is 0. The first-order valence-corrected chi connectivity index (χ1v) is 49.8. The van der Waals surface area contributed by atoms with Crippen LogP contribution in [-0.4, -0.2) is 33.2 Å². The number of pyridine rings is 1. The smallest absolute Gasteiger partial charge is 0.235 e. The van der Waals surface area contributed by atoms with Crippen LogP contribution < -0.4 is 0 Å². The second-order valence-corrected chi connectivity index (χ2v) is 38.7. The van der Waals surface area contributed by atoms with E-state index in [-0.39, 0.29) is 5.41 Å². The molecular formula is C136H87N7O3. The Morgan fingerprint density at radius 3 is 1.18 bits per heavy atom. The van der Waals surface area contributed by atoms with Gasteiger partial charge in [-0.25, -0.2) is 15.0 Å². The molecule has 0 radical (unpaired) electrons. The van der Waals surface area contributed by atoms with Gasteiger partial charge < -0.3 is 27.0 Å². The molecule has 9 heterocycles. The van der Waals surface area contributed by atoms with E-state index >= 15 is 0 Å². The molecule has 0 amide bonds. The molecule has 0 unspecified atom stereocenters. The minimum atomic E-state index is -0.224. The van der Waals surface area contributed by atoms with Crippen LogP contribution in [0.15, 0.2) is 505 Å². The van der Waals surface area contributed by atoms with Gasteiger partial charge >= 0.3 is 0 Å². The Morgan fingerprint density at radius 2 is 0.596 bits per heavy atom. The molecule has 9 aromatic heterocycles. The summed E-state index contributed by atoms with van der Waals surface area (Å²) < 4.78 is 29.0. The van der Waals surface area contributed by atoms with Gasteiger partial charge in [-0.3, -0.25) is 4.57 Å².